The molecule has 1 rings (SSSR count). The van der Waals surface area contributed by atoms with Crippen molar-refractivity contribution < 1.29 is 9.90 Å². The van der Waals surface area contributed by atoms with E-state index in [-0.39, 0.29) is 5.75 Å². The second-order valence-corrected chi connectivity index (χ2v) is 5.26. The number of carboxylic acids is 1. The van der Waals surface area contributed by atoms with Gasteiger partial charge in [0.2, 0.25) is 0 Å². The van der Waals surface area contributed by atoms with Crippen molar-refractivity contribution in [2.24, 2.45) is 5.73 Å². The Morgan fingerprint density at radius 3 is 2.24 bits per heavy atom. The van der Waals surface area contributed by atoms with E-state index in [0.717, 1.165) is 17.0 Å². The molecule has 17 heavy (non-hydrogen) atoms. The van der Waals surface area contributed by atoms with E-state index in [1.54, 1.807) is 0 Å². The van der Waals surface area contributed by atoms with Gasteiger partial charge in [-0.15, -0.1) is 0 Å². The van der Waals surface area contributed by atoms with Gasteiger partial charge in [-0.3, -0.25) is 4.79 Å². The molecule has 1 atom stereocenters. The summed E-state index contributed by atoms with van der Waals surface area (Å²) in [5.74, 6) is -0.782. The normalized spacial score (nSPS) is 14.4. The lowest BCUT2D eigenvalue weighted by molar-refractivity contribution is -0.141. The molecule has 0 radical (unpaired) electrons. The molecule has 94 valence electrons. The summed E-state index contributed by atoms with van der Waals surface area (Å²) in [6, 6.07) is 0. The highest BCUT2D eigenvalue weighted by molar-refractivity contribution is 7.99. The molecular formula is C11H17N3O2S. The maximum atomic E-state index is 10.9. The van der Waals surface area contributed by atoms with Crippen LogP contribution in [0.3, 0.4) is 0 Å². The van der Waals surface area contributed by atoms with E-state index in [1.807, 2.05) is 20.8 Å². The summed E-state index contributed by atoms with van der Waals surface area (Å²) in [6.45, 7) is 7.26. The number of aryl methyl sites for hydroxylation is 2. The van der Waals surface area contributed by atoms with Crippen LogP contribution in [0.25, 0.3) is 0 Å². The molecule has 0 aromatic carbocycles. The van der Waals surface area contributed by atoms with E-state index in [2.05, 4.69) is 9.97 Å². The third-order valence-corrected chi connectivity index (χ3v) is 3.79. The number of aromatic nitrogens is 2. The Kier molecular flexibility index (Phi) is 4.11. The second kappa shape index (κ2) is 5.01. The molecule has 0 spiro atoms. The Labute approximate surface area is 105 Å². The number of hydrogen-bond donors (Lipinski definition) is 2. The summed E-state index contributed by atoms with van der Waals surface area (Å²) in [5.41, 5.74) is 7.26. The number of hydrogen-bond acceptors (Lipinski definition) is 5. The largest absolute Gasteiger partial charge is 0.480 e. The van der Waals surface area contributed by atoms with Gasteiger partial charge in [0.25, 0.3) is 0 Å². The standard InChI is InChI=1S/C11H17N3O2S/c1-6-7(2)13-10(14-8(6)3)17-5-11(4,12)9(15)16/h5,12H2,1-4H3,(H,15,16). The smallest absolute Gasteiger partial charge is 0.324 e. The number of carbonyl (C=O) groups is 1. The van der Waals surface area contributed by atoms with E-state index in [1.165, 1.54) is 18.7 Å². The molecule has 1 aromatic heterocycles. The average molecular weight is 255 g/mol. The van der Waals surface area contributed by atoms with Crippen molar-refractivity contribution in [3.05, 3.63) is 17.0 Å². The lowest BCUT2D eigenvalue weighted by Crippen LogP contribution is -2.47. The second-order valence-electron chi connectivity index (χ2n) is 4.31. The minimum Gasteiger partial charge on any atom is -0.480 e. The van der Waals surface area contributed by atoms with E-state index in [0.29, 0.717) is 5.16 Å². The van der Waals surface area contributed by atoms with Crippen molar-refractivity contribution in [1.82, 2.24) is 9.97 Å². The quantitative estimate of drug-likeness (QED) is 0.622. The highest BCUT2D eigenvalue weighted by atomic mass is 32.2. The molecule has 6 heteroatoms. The molecule has 0 bridgehead atoms. The summed E-state index contributed by atoms with van der Waals surface area (Å²) in [7, 11) is 0. The number of aliphatic carboxylic acids is 1. The molecule has 1 unspecified atom stereocenters. The van der Waals surface area contributed by atoms with Crippen molar-refractivity contribution in [3.8, 4) is 0 Å². The topological polar surface area (TPSA) is 89.1 Å². The maximum Gasteiger partial charge on any atom is 0.324 e. The fourth-order valence-electron chi connectivity index (χ4n) is 1.08. The van der Waals surface area contributed by atoms with Gasteiger partial charge in [0.05, 0.1) is 0 Å². The van der Waals surface area contributed by atoms with E-state index in [9.17, 15) is 4.79 Å². The number of nitrogens with zero attached hydrogens (tertiary/aromatic N) is 2. The molecule has 3 N–H and O–H groups in total. The van der Waals surface area contributed by atoms with Crippen molar-refractivity contribution in [2.75, 3.05) is 5.75 Å². The van der Waals surface area contributed by atoms with Crippen LogP contribution < -0.4 is 5.73 Å². The van der Waals surface area contributed by atoms with Crippen LogP contribution in [0.1, 0.15) is 23.9 Å². The summed E-state index contributed by atoms with van der Waals surface area (Å²) >= 11 is 1.26. The van der Waals surface area contributed by atoms with Crippen LogP contribution in [0, 0.1) is 20.8 Å². The number of carboxylic acid groups (broad SMARTS) is 1. The first kappa shape index (κ1) is 13.9. The number of nitrogens with two attached hydrogens (primary N) is 1. The molecule has 0 aliphatic heterocycles. The van der Waals surface area contributed by atoms with Crippen LogP contribution in [0.2, 0.25) is 0 Å². The van der Waals surface area contributed by atoms with Crippen LogP contribution in [0.15, 0.2) is 5.16 Å². The Hall–Kier alpha value is -1.14. The lowest BCUT2D eigenvalue weighted by Gasteiger charge is -2.18. The first-order valence-corrected chi connectivity index (χ1v) is 6.19. The van der Waals surface area contributed by atoms with Gasteiger partial charge in [0.1, 0.15) is 5.54 Å². The summed E-state index contributed by atoms with van der Waals surface area (Å²) in [6.07, 6.45) is 0. The van der Waals surface area contributed by atoms with Crippen LogP contribution in [-0.2, 0) is 4.79 Å². The molecule has 0 saturated heterocycles. The average Bonchev–Trinajstić information content (AvgIpc) is 2.22. The first-order chi connectivity index (χ1) is 7.74. The summed E-state index contributed by atoms with van der Waals surface area (Å²) < 4.78 is 0. The number of rotatable bonds is 4. The molecule has 1 heterocycles. The third kappa shape index (κ3) is 3.41. The van der Waals surface area contributed by atoms with Crippen molar-refractivity contribution in [1.29, 1.82) is 0 Å². The van der Waals surface area contributed by atoms with Gasteiger partial charge >= 0.3 is 5.97 Å². The van der Waals surface area contributed by atoms with E-state index >= 15 is 0 Å². The highest BCUT2D eigenvalue weighted by Gasteiger charge is 2.28. The molecular weight excluding hydrogens is 238 g/mol. The lowest BCUT2D eigenvalue weighted by atomic mass is 10.1. The minimum atomic E-state index is -1.26. The van der Waals surface area contributed by atoms with Gasteiger partial charge in [-0.25, -0.2) is 9.97 Å². The number of thioether (sulfide) groups is 1. The predicted molar refractivity (Wildman–Crippen MR) is 67.2 cm³/mol. The van der Waals surface area contributed by atoms with Crippen LogP contribution in [0.5, 0.6) is 0 Å². The predicted octanol–water partition coefficient (Wildman–Crippen LogP) is 1.30. The minimum absolute atomic E-state index is 0.240. The van der Waals surface area contributed by atoms with Crippen molar-refractivity contribution in [2.45, 2.75) is 38.4 Å². The molecule has 0 saturated carbocycles. The van der Waals surface area contributed by atoms with Gasteiger partial charge in [0, 0.05) is 17.1 Å². The Balaban J connectivity index is 2.81. The molecule has 0 aliphatic carbocycles. The zero-order chi connectivity index (χ0) is 13.2. The Bertz CT molecular complexity index is 423. The van der Waals surface area contributed by atoms with Crippen molar-refractivity contribution >= 4 is 17.7 Å². The molecule has 0 aliphatic rings. The molecule has 5 nitrogen and oxygen atoms in total. The first-order valence-electron chi connectivity index (χ1n) is 5.21. The Morgan fingerprint density at radius 1 is 1.35 bits per heavy atom. The van der Waals surface area contributed by atoms with Crippen LogP contribution in [0.4, 0.5) is 0 Å². The van der Waals surface area contributed by atoms with Crippen molar-refractivity contribution in [3.63, 3.8) is 0 Å². The summed E-state index contributed by atoms with van der Waals surface area (Å²) in [5, 5.41) is 9.47. The van der Waals surface area contributed by atoms with Gasteiger partial charge in [-0.1, -0.05) is 11.8 Å². The van der Waals surface area contributed by atoms with Crippen LogP contribution >= 0.6 is 11.8 Å². The molecule has 1 aromatic rings. The highest BCUT2D eigenvalue weighted by Crippen LogP contribution is 2.20. The molecule has 0 amide bonds. The van der Waals surface area contributed by atoms with Gasteiger partial charge < -0.3 is 10.8 Å². The van der Waals surface area contributed by atoms with E-state index in [4.69, 9.17) is 10.8 Å². The Morgan fingerprint density at radius 2 is 1.82 bits per heavy atom. The van der Waals surface area contributed by atoms with Gasteiger partial charge in [-0.05, 0) is 33.3 Å². The maximum absolute atomic E-state index is 10.9. The molecule has 0 fully saturated rings. The fraction of sp³-hybridized carbons (Fsp3) is 0.545. The van der Waals surface area contributed by atoms with E-state index < -0.39 is 11.5 Å². The van der Waals surface area contributed by atoms with Gasteiger partial charge in [0.15, 0.2) is 5.16 Å². The fourth-order valence-corrected chi connectivity index (χ4v) is 2.04. The summed E-state index contributed by atoms with van der Waals surface area (Å²) in [4.78, 5) is 19.4. The monoisotopic (exact) mass is 255 g/mol. The zero-order valence-electron chi connectivity index (χ0n) is 10.4. The third-order valence-electron chi connectivity index (χ3n) is 2.60. The zero-order valence-corrected chi connectivity index (χ0v) is 11.3. The SMILES string of the molecule is Cc1nc(SCC(C)(N)C(=O)O)nc(C)c1C. The van der Waals surface area contributed by atoms with Crippen LogP contribution in [-0.4, -0.2) is 32.3 Å². The van der Waals surface area contributed by atoms with Gasteiger partial charge in [-0.2, -0.15) is 0 Å².